The van der Waals surface area contributed by atoms with Crippen molar-refractivity contribution in [2.45, 2.75) is 45.6 Å². The van der Waals surface area contributed by atoms with Crippen LogP contribution in [0.15, 0.2) is 11.3 Å². The zero-order valence-electron chi connectivity index (χ0n) is 11.2. The summed E-state index contributed by atoms with van der Waals surface area (Å²) in [7, 11) is 0. The summed E-state index contributed by atoms with van der Waals surface area (Å²) >= 11 is 0. The van der Waals surface area contributed by atoms with E-state index < -0.39 is 5.60 Å². The van der Waals surface area contributed by atoms with E-state index in [0.29, 0.717) is 25.9 Å². The first kappa shape index (κ1) is 12.9. The number of hydrogen-bond donors (Lipinski definition) is 1. The second-order valence-corrected chi connectivity index (χ2v) is 5.78. The number of carbonyl (C=O) groups is 2. The fourth-order valence-corrected chi connectivity index (χ4v) is 2.19. The molecule has 0 radical (unpaired) electrons. The van der Waals surface area contributed by atoms with Crippen LogP contribution >= 0.6 is 0 Å². The molecule has 2 aliphatic heterocycles. The van der Waals surface area contributed by atoms with Gasteiger partial charge in [0.15, 0.2) is 0 Å². The Hall–Kier alpha value is -1.52. The van der Waals surface area contributed by atoms with Crippen LogP contribution in [-0.2, 0) is 9.53 Å². The van der Waals surface area contributed by atoms with E-state index in [1.54, 1.807) is 4.90 Å². The Balaban J connectivity index is 2.00. The van der Waals surface area contributed by atoms with E-state index in [2.05, 4.69) is 5.32 Å². The molecule has 2 rings (SSSR count). The van der Waals surface area contributed by atoms with Crippen molar-refractivity contribution < 1.29 is 14.3 Å². The molecule has 0 atom stereocenters. The van der Waals surface area contributed by atoms with Crippen LogP contribution < -0.4 is 5.32 Å². The minimum absolute atomic E-state index is 0.0828. The van der Waals surface area contributed by atoms with Crippen LogP contribution in [0.2, 0.25) is 0 Å². The summed E-state index contributed by atoms with van der Waals surface area (Å²) in [6, 6.07) is 0. The van der Waals surface area contributed by atoms with Crippen molar-refractivity contribution in [2.75, 3.05) is 13.1 Å². The maximum atomic E-state index is 11.9. The third kappa shape index (κ3) is 3.03. The summed E-state index contributed by atoms with van der Waals surface area (Å²) in [5, 5.41) is 2.89. The molecule has 2 amide bonds. The molecule has 18 heavy (non-hydrogen) atoms. The molecular formula is C13H20N2O3. The van der Waals surface area contributed by atoms with Gasteiger partial charge in [-0.15, -0.1) is 0 Å². The van der Waals surface area contributed by atoms with Crippen molar-refractivity contribution in [3.05, 3.63) is 11.3 Å². The van der Waals surface area contributed by atoms with Gasteiger partial charge in [0.05, 0.1) is 0 Å². The minimum atomic E-state index is -0.466. The molecule has 0 bridgehead atoms. The zero-order chi connectivity index (χ0) is 13.3. The molecule has 0 aliphatic carbocycles. The summed E-state index contributed by atoms with van der Waals surface area (Å²) in [4.78, 5) is 24.9. The summed E-state index contributed by atoms with van der Waals surface area (Å²) < 4.78 is 5.36. The average Bonchev–Trinajstić information content (AvgIpc) is 2.26. The van der Waals surface area contributed by atoms with Crippen LogP contribution in [-0.4, -0.2) is 35.6 Å². The van der Waals surface area contributed by atoms with Crippen LogP contribution in [0.1, 0.15) is 40.0 Å². The van der Waals surface area contributed by atoms with Crippen LogP contribution in [0.3, 0.4) is 0 Å². The number of amides is 2. The van der Waals surface area contributed by atoms with E-state index in [0.717, 1.165) is 17.7 Å². The Morgan fingerprint density at radius 1 is 1.28 bits per heavy atom. The molecule has 0 aromatic rings. The monoisotopic (exact) mass is 252 g/mol. The van der Waals surface area contributed by atoms with Gasteiger partial charge < -0.3 is 15.0 Å². The lowest BCUT2D eigenvalue weighted by molar-refractivity contribution is -0.120. The molecule has 0 unspecified atom stereocenters. The summed E-state index contributed by atoms with van der Waals surface area (Å²) in [5.74, 6) is 0.0828. The van der Waals surface area contributed by atoms with E-state index in [1.165, 1.54) is 0 Å². The van der Waals surface area contributed by atoms with Crippen LogP contribution in [0.25, 0.3) is 0 Å². The third-order valence-corrected chi connectivity index (χ3v) is 3.04. The summed E-state index contributed by atoms with van der Waals surface area (Å²) in [6.45, 7) is 6.76. The zero-order valence-corrected chi connectivity index (χ0v) is 11.2. The minimum Gasteiger partial charge on any atom is -0.444 e. The predicted molar refractivity (Wildman–Crippen MR) is 66.8 cm³/mol. The van der Waals surface area contributed by atoms with Gasteiger partial charge in [0.2, 0.25) is 5.91 Å². The Labute approximate surface area is 107 Å². The van der Waals surface area contributed by atoms with Gasteiger partial charge in [-0.2, -0.15) is 0 Å². The maximum Gasteiger partial charge on any atom is 0.410 e. The summed E-state index contributed by atoms with van der Waals surface area (Å²) in [5.41, 5.74) is 1.70. The van der Waals surface area contributed by atoms with E-state index in [-0.39, 0.29) is 12.0 Å². The molecule has 5 nitrogen and oxygen atoms in total. The van der Waals surface area contributed by atoms with E-state index >= 15 is 0 Å². The van der Waals surface area contributed by atoms with E-state index in [4.69, 9.17) is 4.74 Å². The fraction of sp³-hybridized carbons (Fsp3) is 0.692. The first-order chi connectivity index (χ1) is 8.35. The molecule has 2 aliphatic rings. The highest BCUT2D eigenvalue weighted by molar-refractivity contribution is 5.80. The van der Waals surface area contributed by atoms with Gasteiger partial charge >= 0.3 is 6.09 Å². The lowest BCUT2D eigenvalue weighted by Gasteiger charge is -2.34. The molecule has 0 spiro atoms. The maximum absolute atomic E-state index is 11.9. The number of hydrogen-bond acceptors (Lipinski definition) is 3. The van der Waals surface area contributed by atoms with Gasteiger partial charge in [0.1, 0.15) is 5.60 Å². The van der Waals surface area contributed by atoms with Gasteiger partial charge in [-0.1, -0.05) is 0 Å². The van der Waals surface area contributed by atoms with Crippen molar-refractivity contribution in [2.24, 2.45) is 0 Å². The van der Waals surface area contributed by atoms with Gasteiger partial charge in [-0.05, 0) is 32.8 Å². The standard InChI is InChI=1S/C13H20N2O3/c1-13(2,3)18-12(17)15-7-6-10-9(8-15)4-5-11(16)14-10/h4-8H2,1-3H3,(H,14,16). The topological polar surface area (TPSA) is 58.6 Å². The van der Waals surface area contributed by atoms with Crippen LogP contribution in [0, 0.1) is 0 Å². The number of nitrogens with zero attached hydrogens (tertiary/aromatic N) is 1. The van der Waals surface area contributed by atoms with Crippen molar-refractivity contribution in [3.63, 3.8) is 0 Å². The Bertz CT molecular complexity index is 407. The molecule has 0 aromatic carbocycles. The highest BCUT2D eigenvalue weighted by atomic mass is 16.6. The molecule has 100 valence electrons. The highest BCUT2D eigenvalue weighted by Gasteiger charge is 2.29. The van der Waals surface area contributed by atoms with Crippen LogP contribution in [0.4, 0.5) is 4.79 Å². The predicted octanol–water partition coefficient (Wildman–Crippen LogP) is 1.79. The number of ether oxygens (including phenoxy) is 1. The largest absolute Gasteiger partial charge is 0.444 e. The quantitative estimate of drug-likeness (QED) is 0.715. The molecule has 0 fully saturated rings. The molecule has 1 N–H and O–H groups in total. The van der Waals surface area contributed by atoms with Gasteiger partial charge in [-0.25, -0.2) is 4.79 Å². The molecule has 5 heteroatoms. The smallest absolute Gasteiger partial charge is 0.410 e. The van der Waals surface area contributed by atoms with Crippen LogP contribution in [0.5, 0.6) is 0 Å². The Morgan fingerprint density at radius 3 is 2.67 bits per heavy atom. The average molecular weight is 252 g/mol. The second-order valence-electron chi connectivity index (χ2n) is 5.78. The highest BCUT2D eigenvalue weighted by Crippen LogP contribution is 2.24. The second kappa shape index (κ2) is 4.63. The molecule has 0 aromatic heterocycles. The first-order valence-electron chi connectivity index (χ1n) is 6.34. The SMILES string of the molecule is CC(C)(C)OC(=O)N1CCC2=C(CCC(=O)N2)C1. The first-order valence-corrected chi connectivity index (χ1v) is 6.34. The number of rotatable bonds is 0. The fourth-order valence-electron chi connectivity index (χ4n) is 2.19. The van der Waals surface area contributed by atoms with Crippen molar-refractivity contribution in [1.82, 2.24) is 10.2 Å². The van der Waals surface area contributed by atoms with Gasteiger partial charge in [-0.3, -0.25) is 4.79 Å². The van der Waals surface area contributed by atoms with E-state index in [9.17, 15) is 9.59 Å². The Morgan fingerprint density at radius 2 is 2.00 bits per heavy atom. The molecule has 0 saturated heterocycles. The molecule has 0 saturated carbocycles. The van der Waals surface area contributed by atoms with Crippen molar-refractivity contribution in [3.8, 4) is 0 Å². The van der Waals surface area contributed by atoms with E-state index in [1.807, 2.05) is 20.8 Å². The normalized spacial score (nSPS) is 20.4. The lowest BCUT2D eigenvalue weighted by atomic mass is 9.98. The summed E-state index contributed by atoms with van der Waals surface area (Å²) in [6.07, 6.45) is 1.70. The lowest BCUT2D eigenvalue weighted by Crippen LogP contribution is -2.44. The Kier molecular flexibility index (Phi) is 3.32. The van der Waals surface area contributed by atoms with Gasteiger partial charge in [0.25, 0.3) is 0 Å². The number of carbonyl (C=O) groups excluding carboxylic acids is 2. The molecule has 2 heterocycles. The van der Waals surface area contributed by atoms with Crippen molar-refractivity contribution >= 4 is 12.0 Å². The third-order valence-electron chi connectivity index (χ3n) is 3.04. The van der Waals surface area contributed by atoms with Crippen molar-refractivity contribution in [1.29, 1.82) is 0 Å². The number of nitrogens with one attached hydrogen (secondary N) is 1. The van der Waals surface area contributed by atoms with Gasteiger partial charge in [0, 0.05) is 31.6 Å². The molecular weight excluding hydrogens is 232 g/mol.